The molecule has 1 aromatic rings. The second-order valence-electron chi connectivity index (χ2n) is 4.38. The van der Waals surface area contributed by atoms with Crippen LogP contribution in [0.1, 0.15) is 30.7 Å². The summed E-state index contributed by atoms with van der Waals surface area (Å²) in [5.41, 5.74) is 7.70. The van der Waals surface area contributed by atoms with Gasteiger partial charge in [0, 0.05) is 26.6 Å². The van der Waals surface area contributed by atoms with Crippen LogP contribution in [0.2, 0.25) is 0 Å². The second-order valence-corrected chi connectivity index (χ2v) is 4.38. The average Bonchev–Trinajstić information content (AvgIpc) is 3.05. The molecule has 0 bridgehead atoms. The van der Waals surface area contributed by atoms with E-state index in [2.05, 4.69) is 10.3 Å². The van der Waals surface area contributed by atoms with Crippen LogP contribution in [0.5, 0.6) is 0 Å². The van der Waals surface area contributed by atoms with E-state index in [1.54, 1.807) is 7.11 Å². The summed E-state index contributed by atoms with van der Waals surface area (Å²) in [6.07, 6.45) is 4.83. The van der Waals surface area contributed by atoms with E-state index in [1.165, 1.54) is 19.3 Å². The van der Waals surface area contributed by atoms with Gasteiger partial charge in [0.25, 0.3) is 0 Å². The SMILES string of the molecule is COCCc1c(CN)nnn1CCC1CC1. The highest BCUT2D eigenvalue weighted by atomic mass is 16.5. The molecule has 90 valence electrons. The van der Waals surface area contributed by atoms with Gasteiger partial charge in [-0.3, -0.25) is 0 Å². The zero-order chi connectivity index (χ0) is 11.4. The van der Waals surface area contributed by atoms with Gasteiger partial charge in [-0.2, -0.15) is 0 Å². The molecule has 0 aliphatic heterocycles. The van der Waals surface area contributed by atoms with Crippen molar-refractivity contribution in [3.63, 3.8) is 0 Å². The fraction of sp³-hybridized carbons (Fsp3) is 0.818. The summed E-state index contributed by atoms with van der Waals surface area (Å²) in [5.74, 6) is 0.917. The van der Waals surface area contributed by atoms with Crippen LogP contribution in [0, 0.1) is 5.92 Å². The topological polar surface area (TPSA) is 66.0 Å². The number of rotatable bonds is 7. The first-order chi connectivity index (χ1) is 7.85. The van der Waals surface area contributed by atoms with Crippen LogP contribution in [0.3, 0.4) is 0 Å². The molecule has 16 heavy (non-hydrogen) atoms. The highest BCUT2D eigenvalue weighted by Gasteiger charge is 2.21. The molecule has 5 nitrogen and oxygen atoms in total. The number of ether oxygens (including phenoxy) is 1. The quantitative estimate of drug-likeness (QED) is 0.741. The molecule has 2 N–H and O–H groups in total. The predicted octanol–water partition coefficient (Wildman–Crippen LogP) is 0.726. The van der Waals surface area contributed by atoms with Gasteiger partial charge >= 0.3 is 0 Å². The third-order valence-electron chi connectivity index (χ3n) is 3.10. The number of methoxy groups -OCH3 is 1. The van der Waals surface area contributed by atoms with Crippen molar-refractivity contribution in [1.29, 1.82) is 0 Å². The Kier molecular flexibility index (Phi) is 3.90. The van der Waals surface area contributed by atoms with Crippen molar-refractivity contribution in [3.8, 4) is 0 Å². The fourth-order valence-electron chi connectivity index (χ4n) is 1.89. The number of hydrogen-bond acceptors (Lipinski definition) is 4. The first-order valence-electron chi connectivity index (χ1n) is 5.95. The van der Waals surface area contributed by atoms with E-state index >= 15 is 0 Å². The number of hydrogen-bond donors (Lipinski definition) is 1. The molecule has 1 aliphatic carbocycles. The maximum Gasteiger partial charge on any atom is 0.0995 e. The van der Waals surface area contributed by atoms with E-state index < -0.39 is 0 Å². The van der Waals surface area contributed by atoms with Gasteiger partial charge in [-0.25, -0.2) is 4.68 Å². The van der Waals surface area contributed by atoms with Gasteiger partial charge in [-0.05, 0) is 12.3 Å². The minimum Gasteiger partial charge on any atom is -0.384 e. The standard InChI is InChI=1S/C11H20N4O/c1-16-7-5-11-10(8-12)13-14-15(11)6-4-9-2-3-9/h9H,2-8,12H2,1H3. The summed E-state index contributed by atoms with van der Waals surface area (Å²) < 4.78 is 7.10. The zero-order valence-corrected chi connectivity index (χ0v) is 9.85. The van der Waals surface area contributed by atoms with Crippen molar-refractivity contribution in [2.24, 2.45) is 11.7 Å². The summed E-state index contributed by atoms with van der Waals surface area (Å²) in [6.45, 7) is 2.13. The molecule has 1 aliphatic rings. The van der Waals surface area contributed by atoms with Crippen molar-refractivity contribution in [2.75, 3.05) is 13.7 Å². The molecule has 1 heterocycles. The lowest BCUT2D eigenvalue weighted by molar-refractivity contribution is 0.199. The molecule has 1 saturated carbocycles. The van der Waals surface area contributed by atoms with Crippen LogP contribution in [0.15, 0.2) is 0 Å². The molecule has 1 fully saturated rings. The molecular weight excluding hydrogens is 204 g/mol. The lowest BCUT2D eigenvalue weighted by Gasteiger charge is -2.06. The monoisotopic (exact) mass is 224 g/mol. The zero-order valence-electron chi connectivity index (χ0n) is 9.85. The molecule has 0 atom stereocenters. The molecule has 0 amide bonds. The van der Waals surface area contributed by atoms with E-state index in [9.17, 15) is 0 Å². The molecule has 0 aromatic carbocycles. The Bertz CT molecular complexity index is 333. The van der Waals surface area contributed by atoms with Crippen LogP contribution < -0.4 is 5.73 Å². The maximum atomic E-state index is 5.65. The summed E-state index contributed by atoms with van der Waals surface area (Å²) in [4.78, 5) is 0. The summed E-state index contributed by atoms with van der Waals surface area (Å²) in [7, 11) is 1.71. The molecule has 2 rings (SSSR count). The second kappa shape index (κ2) is 5.41. The number of aromatic nitrogens is 3. The van der Waals surface area contributed by atoms with E-state index in [0.29, 0.717) is 13.2 Å². The maximum absolute atomic E-state index is 5.65. The van der Waals surface area contributed by atoms with Crippen LogP contribution in [0.4, 0.5) is 0 Å². The average molecular weight is 224 g/mol. The summed E-state index contributed by atoms with van der Waals surface area (Å²) in [5, 5.41) is 8.29. The normalized spacial score (nSPS) is 15.6. The van der Waals surface area contributed by atoms with E-state index in [0.717, 1.165) is 30.3 Å². The molecule has 0 unspecified atom stereocenters. The predicted molar refractivity (Wildman–Crippen MR) is 60.8 cm³/mol. The third kappa shape index (κ3) is 2.80. The van der Waals surface area contributed by atoms with Crippen LogP contribution >= 0.6 is 0 Å². The molecule has 0 saturated heterocycles. The number of nitrogens with zero attached hydrogens (tertiary/aromatic N) is 3. The Morgan fingerprint density at radius 3 is 2.94 bits per heavy atom. The largest absolute Gasteiger partial charge is 0.384 e. The van der Waals surface area contributed by atoms with Gasteiger partial charge < -0.3 is 10.5 Å². The molecule has 1 aromatic heterocycles. The Morgan fingerprint density at radius 1 is 1.50 bits per heavy atom. The van der Waals surface area contributed by atoms with Gasteiger partial charge in [0.2, 0.25) is 0 Å². The molecule has 5 heteroatoms. The van der Waals surface area contributed by atoms with Gasteiger partial charge in [-0.1, -0.05) is 18.1 Å². The van der Waals surface area contributed by atoms with Crippen LogP contribution in [-0.2, 0) is 24.2 Å². The first-order valence-corrected chi connectivity index (χ1v) is 5.95. The fourth-order valence-corrected chi connectivity index (χ4v) is 1.89. The van der Waals surface area contributed by atoms with Crippen LogP contribution in [-0.4, -0.2) is 28.7 Å². The third-order valence-corrected chi connectivity index (χ3v) is 3.10. The highest BCUT2D eigenvalue weighted by Crippen LogP contribution is 2.32. The number of aryl methyl sites for hydroxylation is 1. The van der Waals surface area contributed by atoms with Gasteiger partial charge in [-0.15, -0.1) is 5.10 Å². The van der Waals surface area contributed by atoms with Gasteiger partial charge in [0.1, 0.15) is 0 Å². The highest BCUT2D eigenvalue weighted by molar-refractivity contribution is 5.10. The van der Waals surface area contributed by atoms with Crippen molar-refractivity contribution < 1.29 is 4.74 Å². The minimum atomic E-state index is 0.461. The summed E-state index contributed by atoms with van der Waals surface area (Å²) >= 11 is 0. The Morgan fingerprint density at radius 2 is 2.31 bits per heavy atom. The van der Waals surface area contributed by atoms with Crippen molar-refractivity contribution in [2.45, 2.75) is 38.8 Å². The number of nitrogens with two attached hydrogens (primary N) is 1. The molecular formula is C11H20N4O. The van der Waals surface area contributed by atoms with E-state index in [4.69, 9.17) is 10.5 Å². The van der Waals surface area contributed by atoms with E-state index in [-0.39, 0.29) is 0 Å². The lowest BCUT2D eigenvalue weighted by Crippen LogP contribution is -2.10. The summed E-state index contributed by atoms with van der Waals surface area (Å²) in [6, 6.07) is 0. The molecule has 0 radical (unpaired) electrons. The smallest absolute Gasteiger partial charge is 0.0995 e. The van der Waals surface area contributed by atoms with Crippen molar-refractivity contribution >= 4 is 0 Å². The lowest BCUT2D eigenvalue weighted by atomic mass is 10.2. The minimum absolute atomic E-state index is 0.461. The van der Waals surface area contributed by atoms with Gasteiger partial charge in [0.05, 0.1) is 18.0 Å². The Balaban J connectivity index is 1.99. The van der Waals surface area contributed by atoms with Crippen molar-refractivity contribution in [3.05, 3.63) is 11.4 Å². The first kappa shape index (κ1) is 11.5. The van der Waals surface area contributed by atoms with E-state index in [1.807, 2.05) is 4.68 Å². The Labute approximate surface area is 96.0 Å². The van der Waals surface area contributed by atoms with Gasteiger partial charge in [0.15, 0.2) is 0 Å². The Hall–Kier alpha value is -0.940. The molecule has 0 spiro atoms. The van der Waals surface area contributed by atoms with Crippen molar-refractivity contribution in [1.82, 2.24) is 15.0 Å². The van der Waals surface area contributed by atoms with Crippen LogP contribution in [0.25, 0.3) is 0 Å².